The highest BCUT2D eigenvalue weighted by atomic mass is 16.6. The van der Waals surface area contributed by atoms with Crippen LogP contribution in [0, 0.1) is 0 Å². The van der Waals surface area contributed by atoms with Gasteiger partial charge in [-0.05, 0) is 124 Å². The lowest BCUT2D eigenvalue weighted by Gasteiger charge is -2.24. The van der Waals surface area contributed by atoms with Gasteiger partial charge in [0.2, 0.25) is 0 Å². The second-order valence-corrected chi connectivity index (χ2v) is 21.9. The van der Waals surface area contributed by atoms with Gasteiger partial charge in [0.25, 0.3) is 0 Å². The van der Waals surface area contributed by atoms with Crippen molar-refractivity contribution in [3.05, 3.63) is 153 Å². The van der Waals surface area contributed by atoms with E-state index in [4.69, 9.17) is 18.9 Å². The summed E-state index contributed by atoms with van der Waals surface area (Å²) < 4.78 is 29.0. The van der Waals surface area contributed by atoms with Crippen molar-refractivity contribution >= 4 is 46.4 Å². The number of rotatable bonds is 6. The van der Waals surface area contributed by atoms with Gasteiger partial charge in [-0.1, -0.05) is 84.9 Å². The molecule has 7 aromatic rings. The molecule has 0 radical (unpaired) electrons. The average molecular weight is 983 g/mol. The zero-order valence-corrected chi connectivity index (χ0v) is 43.3. The molecule has 1 saturated heterocycles. The first-order valence-electron chi connectivity index (χ1n) is 24.1. The summed E-state index contributed by atoms with van der Waals surface area (Å²) in [6.07, 6.45) is 1.57. The van der Waals surface area contributed by atoms with E-state index in [-0.39, 0.29) is 18.6 Å². The summed E-state index contributed by atoms with van der Waals surface area (Å²) in [6, 6.07) is 32.1. The minimum Gasteiger partial charge on any atom is -0.444 e. The molecule has 16 heteroatoms. The summed E-state index contributed by atoms with van der Waals surface area (Å²) >= 11 is 0. The lowest BCUT2D eigenvalue weighted by Crippen LogP contribution is -2.35. The molecule has 1 aliphatic heterocycles. The SMILES string of the molecule is CC(C)(C)OC(=O)N1CCC(c2cccc3c2n(C(=O)OC(C)(C)C)c(=O)n3Cc2ccccc2)C1.CC(C)(C)OC(=O)n1ccc(-c2cccc3c2n(C(=O)OC(C)(C)C)c(=O)n3Cc2ccccc2)c1. The minimum absolute atomic E-state index is 0.0538. The first-order chi connectivity index (χ1) is 33.7. The predicted molar refractivity (Wildman–Crippen MR) is 277 cm³/mol. The molecule has 3 aromatic heterocycles. The molecule has 1 atom stereocenters. The molecule has 16 nitrogen and oxygen atoms in total. The van der Waals surface area contributed by atoms with Gasteiger partial charge in [0, 0.05) is 42.5 Å². The van der Waals surface area contributed by atoms with E-state index in [1.807, 2.05) is 112 Å². The number of carbonyl (C=O) groups excluding carboxylic acids is 4. The molecule has 1 aliphatic rings. The van der Waals surface area contributed by atoms with Crippen LogP contribution in [-0.4, -0.2) is 87.6 Å². The number of benzene rings is 4. The van der Waals surface area contributed by atoms with Gasteiger partial charge in [0.05, 0.1) is 35.2 Å². The van der Waals surface area contributed by atoms with Crippen LogP contribution in [0.15, 0.2) is 125 Å². The molecule has 1 amide bonds. The van der Waals surface area contributed by atoms with Crippen LogP contribution in [0.4, 0.5) is 19.2 Å². The number of imidazole rings is 2. The monoisotopic (exact) mass is 982 g/mol. The van der Waals surface area contributed by atoms with Crippen LogP contribution >= 0.6 is 0 Å². The van der Waals surface area contributed by atoms with Gasteiger partial charge in [-0.25, -0.2) is 28.8 Å². The maximum atomic E-state index is 13.7. The summed E-state index contributed by atoms with van der Waals surface area (Å²) in [6.45, 7) is 23.1. The van der Waals surface area contributed by atoms with E-state index in [9.17, 15) is 28.8 Å². The van der Waals surface area contributed by atoms with Gasteiger partial charge in [0.1, 0.15) is 22.4 Å². The summed E-state index contributed by atoms with van der Waals surface area (Å²) in [5.41, 5.74) is 2.43. The van der Waals surface area contributed by atoms with Crippen LogP contribution in [-0.2, 0) is 32.0 Å². The molecule has 1 fully saturated rings. The Morgan fingerprint density at radius 3 is 1.46 bits per heavy atom. The largest absolute Gasteiger partial charge is 0.444 e. The number of likely N-dealkylation sites (tertiary alicyclic amines) is 1. The normalized spacial score (nSPS) is 14.2. The third kappa shape index (κ3) is 12.3. The third-order valence-electron chi connectivity index (χ3n) is 11.3. The van der Waals surface area contributed by atoms with Crippen molar-refractivity contribution in [2.45, 2.75) is 131 Å². The molecule has 8 rings (SSSR count). The lowest BCUT2D eigenvalue weighted by molar-refractivity contribution is 0.0291. The number of hydrogen-bond donors (Lipinski definition) is 0. The van der Waals surface area contributed by atoms with Gasteiger partial charge < -0.3 is 23.8 Å². The Morgan fingerprint density at radius 2 is 0.958 bits per heavy atom. The van der Waals surface area contributed by atoms with Crippen LogP contribution in [0.25, 0.3) is 33.2 Å². The van der Waals surface area contributed by atoms with Crippen LogP contribution in [0.2, 0.25) is 0 Å². The van der Waals surface area contributed by atoms with Gasteiger partial charge in [-0.2, -0.15) is 9.13 Å². The fourth-order valence-corrected chi connectivity index (χ4v) is 8.48. The molecule has 72 heavy (non-hydrogen) atoms. The predicted octanol–water partition coefficient (Wildman–Crippen LogP) is 11.2. The highest BCUT2D eigenvalue weighted by molar-refractivity contribution is 5.98. The summed E-state index contributed by atoms with van der Waals surface area (Å²) in [4.78, 5) is 80.8. The molecule has 0 spiro atoms. The molecule has 0 bridgehead atoms. The smallest absolute Gasteiger partial charge is 0.423 e. The van der Waals surface area contributed by atoms with Crippen LogP contribution in [0.3, 0.4) is 0 Å². The van der Waals surface area contributed by atoms with E-state index in [0.29, 0.717) is 59.2 Å². The fourth-order valence-electron chi connectivity index (χ4n) is 8.48. The van der Waals surface area contributed by atoms with Crippen molar-refractivity contribution < 1.29 is 38.1 Å². The van der Waals surface area contributed by atoms with E-state index >= 15 is 0 Å². The molecule has 4 heterocycles. The van der Waals surface area contributed by atoms with Gasteiger partial charge in [-0.3, -0.25) is 13.7 Å². The molecule has 0 aliphatic carbocycles. The zero-order valence-electron chi connectivity index (χ0n) is 43.3. The van der Waals surface area contributed by atoms with E-state index in [0.717, 1.165) is 25.8 Å². The van der Waals surface area contributed by atoms with Crippen molar-refractivity contribution in [1.29, 1.82) is 0 Å². The number of fused-ring (bicyclic) bond motifs is 2. The van der Waals surface area contributed by atoms with Gasteiger partial charge >= 0.3 is 35.8 Å². The Bertz CT molecular complexity index is 3240. The average Bonchev–Trinajstić information content (AvgIpc) is 4.08. The molecule has 1 unspecified atom stereocenters. The van der Waals surface area contributed by atoms with Crippen LogP contribution < -0.4 is 11.4 Å². The maximum Gasteiger partial charge on any atom is 0.423 e. The van der Waals surface area contributed by atoms with Crippen LogP contribution in [0.1, 0.15) is 112 Å². The molecule has 0 saturated carbocycles. The first kappa shape index (κ1) is 52.2. The summed E-state index contributed by atoms with van der Waals surface area (Å²) in [5.74, 6) is -0.0538. The number of amides is 1. The van der Waals surface area contributed by atoms with E-state index < -0.39 is 52.1 Å². The quantitative estimate of drug-likeness (QED) is 0.146. The van der Waals surface area contributed by atoms with Crippen molar-refractivity contribution in [3.8, 4) is 11.1 Å². The standard InChI is InChI=1S/C28H35N3O5.C28H31N3O5/c2*1-27(2,3)35-25(33)29-16-15-20(18-29)21-13-10-14-22-23(21)31(26(34)36-28(4,5)6)24(32)30(22)17-19-11-8-7-9-12-19/h7-14,20H,15-18H2,1-6H3;7-16,18H,17H2,1-6H3. The number of hydrogen-bond acceptors (Lipinski definition) is 10. The molecular formula is C56H66N6O10. The number of para-hydroxylation sites is 2. The Labute approximate surface area is 419 Å². The van der Waals surface area contributed by atoms with E-state index in [2.05, 4.69) is 0 Å². The van der Waals surface area contributed by atoms with Crippen molar-refractivity contribution in [1.82, 2.24) is 27.7 Å². The zero-order chi connectivity index (χ0) is 52.5. The van der Waals surface area contributed by atoms with Crippen molar-refractivity contribution in [2.24, 2.45) is 0 Å². The molecule has 0 N–H and O–H groups in total. The van der Waals surface area contributed by atoms with Crippen LogP contribution in [0.5, 0.6) is 0 Å². The summed E-state index contributed by atoms with van der Waals surface area (Å²) in [5, 5.41) is 0. The maximum absolute atomic E-state index is 13.7. The number of ether oxygens (including phenoxy) is 4. The van der Waals surface area contributed by atoms with Gasteiger partial charge in [0.15, 0.2) is 0 Å². The lowest BCUT2D eigenvalue weighted by atomic mass is 9.97. The first-order valence-corrected chi connectivity index (χ1v) is 24.1. The van der Waals surface area contributed by atoms with Crippen molar-refractivity contribution in [3.63, 3.8) is 0 Å². The Morgan fingerprint density at radius 1 is 0.514 bits per heavy atom. The Kier molecular flexibility index (Phi) is 14.7. The summed E-state index contributed by atoms with van der Waals surface area (Å²) in [7, 11) is 0. The topological polar surface area (TPSA) is 167 Å². The second kappa shape index (κ2) is 20.2. The minimum atomic E-state index is -0.792. The second-order valence-electron chi connectivity index (χ2n) is 21.9. The van der Waals surface area contributed by atoms with Gasteiger partial charge in [-0.15, -0.1) is 0 Å². The molecule has 4 aromatic carbocycles. The number of aromatic nitrogens is 5. The van der Waals surface area contributed by atoms with E-state index in [1.54, 1.807) is 101 Å². The number of nitrogens with zero attached hydrogens (tertiary/aromatic N) is 6. The molecular weight excluding hydrogens is 917 g/mol. The fraction of sp³-hybridized carbons (Fsp3) is 0.393. The number of carbonyl (C=O) groups is 4. The third-order valence-corrected chi connectivity index (χ3v) is 11.3. The van der Waals surface area contributed by atoms with E-state index in [1.165, 1.54) is 4.57 Å². The van der Waals surface area contributed by atoms with Crippen molar-refractivity contribution in [2.75, 3.05) is 13.1 Å². The Hall–Kier alpha value is -7.62. The Balaban J connectivity index is 0.000000211. The molecule has 380 valence electrons. The highest BCUT2D eigenvalue weighted by Gasteiger charge is 2.34. The highest BCUT2D eigenvalue weighted by Crippen LogP contribution is 2.34.